The first-order valence-corrected chi connectivity index (χ1v) is 9.41. The molecule has 0 saturated carbocycles. The van der Waals surface area contributed by atoms with Crippen molar-refractivity contribution in [1.82, 2.24) is 24.5 Å². The van der Waals surface area contributed by atoms with Crippen LogP contribution in [0.3, 0.4) is 0 Å². The first kappa shape index (κ1) is 18.7. The minimum atomic E-state index is -0.466. The smallest absolute Gasteiger partial charge is 0.349 e. The van der Waals surface area contributed by atoms with Crippen molar-refractivity contribution in [3.8, 4) is 0 Å². The number of hydrogen-bond acceptors (Lipinski definition) is 4. The van der Waals surface area contributed by atoms with Gasteiger partial charge in [-0.05, 0) is 29.7 Å². The zero-order chi connectivity index (χ0) is 20.5. The average molecular weight is 391 g/mol. The molecule has 0 atom stereocenters. The Kier molecular flexibility index (Phi) is 4.75. The van der Waals surface area contributed by atoms with Gasteiger partial charge in [0.05, 0.1) is 17.4 Å². The number of rotatable bonds is 5. The third-order valence-electron chi connectivity index (χ3n) is 4.73. The maximum Gasteiger partial charge on any atom is 0.349 e. The number of carbonyl (C=O) groups excluding carboxylic acids is 1. The maximum absolute atomic E-state index is 13.1. The molecule has 2 heterocycles. The summed E-state index contributed by atoms with van der Waals surface area (Å²) in [4.78, 5) is 38.0. The molecule has 0 bridgehead atoms. The third kappa shape index (κ3) is 3.44. The number of aromatic amines is 1. The second-order valence-corrected chi connectivity index (χ2v) is 7.38. The fraction of sp³-hybridized carbons (Fsp3) is 0.238. The van der Waals surface area contributed by atoms with E-state index < -0.39 is 5.69 Å². The largest absolute Gasteiger partial charge is 0.352 e. The number of carbonyl (C=O) groups is 1. The van der Waals surface area contributed by atoms with Gasteiger partial charge in [-0.3, -0.25) is 14.2 Å². The number of amides is 1. The molecule has 2 N–H and O–H groups in total. The van der Waals surface area contributed by atoms with E-state index in [0.717, 1.165) is 5.56 Å². The molecule has 0 radical (unpaired) electrons. The minimum Gasteiger partial charge on any atom is -0.352 e. The van der Waals surface area contributed by atoms with Gasteiger partial charge in [0.1, 0.15) is 0 Å². The molecule has 8 nitrogen and oxygen atoms in total. The van der Waals surface area contributed by atoms with Crippen molar-refractivity contribution in [2.75, 3.05) is 6.54 Å². The normalized spacial score (nSPS) is 11.4. The maximum atomic E-state index is 13.1. The molecule has 0 spiro atoms. The van der Waals surface area contributed by atoms with E-state index in [2.05, 4.69) is 15.5 Å². The molecular formula is C21H21N5O3. The lowest BCUT2D eigenvalue weighted by Gasteiger charge is -2.11. The van der Waals surface area contributed by atoms with Gasteiger partial charge in [0, 0.05) is 12.1 Å². The van der Waals surface area contributed by atoms with Crippen LogP contribution in [-0.2, 0) is 6.54 Å². The second kappa shape index (κ2) is 7.38. The van der Waals surface area contributed by atoms with Crippen LogP contribution in [0.15, 0.2) is 58.1 Å². The van der Waals surface area contributed by atoms with Gasteiger partial charge in [0.2, 0.25) is 5.78 Å². The number of hydrogen-bond donors (Lipinski definition) is 2. The van der Waals surface area contributed by atoms with Crippen LogP contribution in [0.2, 0.25) is 0 Å². The van der Waals surface area contributed by atoms with Crippen molar-refractivity contribution >= 4 is 22.6 Å². The van der Waals surface area contributed by atoms with E-state index in [1.54, 1.807) is 18.2 Å². The summed E-state index contributed by atoms with van der Waals surface area (Å²) in [5, 5.41) is 9.65. The van der Waals surface area contributed by atoms with Gasteiger partial charge in [-0.1, -0.05) is 44.2 Å². The lowest BCUT2D eigenvalue weighted by Crippen LogP contribution is -2.28. The number of fused-ring (bicyclic) bond motifs is 3. The summed E-state index contributed by atoms with van der Waals surface area (Å²) in [6, 6.07) is 14.2. The predicted octanol–water partition coefficient (Wildman–Crippen LogP) is 1.77. The van der Waals surface area contributed by atoms with Crippen molar-refractivity contribution in [2.24, 2.45) is 5.92 Å². The Morgan fingerprint density at radius 3 is 2.62 bits per heavy atom. The molecule has 0 saturated heterocycles. The van der Waals surface area contributed by atoms with Crippen molar-refractivity contribution < 1.29 is 4.79 Å². The molecular weight excluding hydrogens is 370 g/mol. The SMILES string of the molecule is CC(C)CNC(=O)c1ccc2c(=O)n(Cc3ccccc3)c3n[nH]c(=O)n3c2c1. The van der Waals surface area contributed by atoms with Crippen LogP contribution in [0.5, 0.6) is 0 Å². The number of H-pyrrole nitrogens is 1. The Hall–Kier alpha value is -3.68. The van der Waals surface area contributed by atoms with Crippen LogP contribution in [-0.4, -0.2) is 31.6 Å². The summed E-state index contributed by atoms with van der Waals surface area (Å²) in [6.45, 7) is 4.82. The lowest BCUT2D eigenvalue weighted by atomic mass is 10.1. The first-order chi connectivity index (χ1) is 14.0. The van der Waals surface area contributed by atoms with Crippen molar-refractivity contribution in [2.45, 2.75) is 20.4 Å². The number of aromatic nitrogens is 4. The molecule has 29 heavy (non-hydrogen) atoms. The highest BCUT2D eigenvalue weighted by atomic mass is 16.2. The topological polar surface area (TPSA) is 101 Å². The Labute approximate surface area is 165 Å². The van der Waals surface area contributed by atoms with E-state index in [4.69, 9.17) is 0 Å². The highest BCUT2D eigenvalue weighted by Gasteiger charge is 2.17. The Balaban J connectivity index is 1.89. The van der Waals surface area contributed by atoms with Crippen LogP contribution >= 0.6 is 0 Å². The number of nitrogens with one attached hydrogen (secondary N) is 2. The molecule has 0 aliphatic heterocycles. The van der Waals surface area contributed by atoms with E-state index in [9.17, 15) is 14.4 Å². The predicted molar refractivity (Wildman–Crippen MR) is 110 cm³/mol. The lowest BCUT2D eigenvalue weighted by molar-refractivity contribution is 0.0949. The van der Waals surface area contributed by atoms with Crippen LogP contribution < -0.4 is 16.6 Å². The van der Waals surface area contributed by atoms with Gasteiger partial charge in [0.25, 0.3) is 11.5 Å². The fourth-order valence-corrected chi connectivity index (χ4v) is 3.27. The van der Waals surface area contributed by atoms with Crippen LogP contribution in [0.1, 0.15) is 29.8 Å². The van der Waals surface area contributed by atoms with Gasteiger partial charge in [-0.25, -0.2) is 14.3 Å². The molecule has 0 aliphatic carbocycles. The summed E-state index contributed by atoms with van der Waals surface area (Å²) in [6.07, 6.45) is 0. The zero-order valence-corrected chi connectivity index (χ0v) is 16.2. The minimum absolute atomic E-state index is 0.205. The molecule has 148 valence electrons. The quantitative estimate of drug-likeness (QED) is 0.541. The van der Waals surface area contributed by atoms with Gasteiger partial charge in [0.15, 0.2) is 0 Å². The summed E-state index contributed by atoms with van der Waals surface area (Å²) in [7, 11) is 0. The first-order valence-electron chi connectivity index (χ1n) is 9.41. The van der Waals surface area contributed by atoms with E-state index in [1.807, 2.05) is 44.2 Å². The highest BCUT2D eigenvalue weighted by Crippen LogP contribution is 2.15. The number of nitrogens with zero attached hydrogens (tertiary/aromatic N) is 3. The molecule has 1 amide bonds. The summed E-state index contributed by atoms with van der Waals surface area (Å²) < 4.78 is 2.78. The van der Waals surface area contributed by atoms with Gasteiger partial charge < -0.3 is 5.32 Å². The van der Waals surface area contributed by atoms with Gasteiger partial charge in [-0.2, -0.15) is 0 Å². The van der Waals surface area contributed by atoms with Crippen molar-refractivity contribution in [3.05, 3.63) is 80.5 Å². The Morgan fingerprint density at radius 1 is 1.14 bits per heavy atom. The summed E-state index contributed by atoms with van der Waals surface area (Å²) in [5.41, 5.74) is 0.907. The zero-order valence-electron chi connectivity index (χ0n) is 16.2. The molecule has 2 aromatic carbocycles. The molecule has 0 unspecified atom stereocenters. The molecule has 8 heteroatoms. The molecule has 4 rings (SSSR count). The van der Waals surface area contributed by atoms with E-state index in [-0.39, 0.29) is 23.8 Å². The van der Waals surface area contributed by atoms with E-state index in [0.29, 0.717) is 28.9 Å². The van der Waals surface area contributed by atoms with E-state index >= 15 is 0 Å². The van der Waals surface area contributed by atoms with Crippen molar-refractivity contribution in [3.63, 3.8) is 0 Å². The molecule has 0 fully saturated rings. The molecule has 2 aromatic heterocycles. The highest BCUT2D eigenvalue weighted by molar-refractivity contribution is 5.98. The van der Waals surface area contributed by atoms with Gasteiger partial charge in [-0.15, -0.1) is 5.10 Å². The number of benzene rings is 2. The standard InChI is InChI=1S/C21H21N5O3/c1-13(2)11-22-18(27)15-8-9-16-17(10-15)26-20(23-24-21(26)29)25(19(16)28)12-14-6-4-3-5-7-14/h3-10,13H,11-12H2,1-2H3,(H,22,27)(H,24,29). The van der Waals surface area contributed by atoms with Crippen LogP contribution in [0.25, 0.3) is 16.7 Å². The second-order valence-electron chi connectivity index (χ2n) is 7.38. The van der Waals surface area contributed by atoms with Crippen LogP contribution in [0, 0.1) is 5.92 Å². The van der Waals surface area contributed by atoms with E-state index in [1.165, 1.54) is 8.97 Å². The third-order valence-corrected chi connectivity index (χ3v) is 4.73. The fourth-order valence-electron chi connectivity index (χ4n) is 3.27. The Morgan fingerprint density at radius 2 is 1.90 bits per heavy atom. The van der Waals surface area contributed by atoms with Crippen molar-refractivity contribution in [1.29, 1.82) is 0 Å². The van der Waals surface area contributed by atoms with Gasteiger partial charge >= 0.3 is 5.69 Å². The monoisotopic (exact) mass is 391 g/mol. The Bertz CT molecular complexity index is 1320. The molecule has 4 aromatic rings. The summed E-state index contributed by atoms with van der Waals surface area (Å²) >= 11 is 0. The molecule has 0 aliphatic rings. The average Bonchev–Trinajstić information content (AvgIpc) is 3.11. The summed E-state index contributed by atoms with van der Waals surface area (Å²) in [5.74, 6) is 0.266. The van der Waals surface area contributed by atoms with Crippen LogP contribution in [0.4, 0.5) is 0 Å².